The molecule has 2 amide bonds. The molecule has 26 heavy (non-hydrogen) atoms. The van der Waals surface area contributed by atoms with Crippen molar-refractivity contribution in [3.63, 3.8) is 0 Å². The van der Waals surface area contributed by atoms with Gasteiger partial charge in [-0.2, -0.15) is 0 Å². The van der Waals surface area contributed by atoms with E-state index in [0.29, 0.717) is 36.5 Å². The van der Waals surface area contributed by atoms with Crippen molar-refractivity contribution < 1.29 is 14.3 Å². The van der Waals surface area contributed by atoms with Crippen LogP contribution in [0.25, 0.3) is 0 Å². The van der Waals surface area contributed by atoms with Crippen molar-refractivity contribution in [3.05, 3.63) is 65.7 Å². The molecule has 3 N–H and O–H groups in total. The first-order valence-electron chi connectivity index (χ1n) is 8.15. The number of methoxy groups -OCH3 is 1. The molecule has 0 saturated carbocycles. The van der Waals surface area contributed by atoms with Gasteiger partial charge in [0, 0.05) is 32.3 Å². The molecule has 0 aromatic heterocycles. The van der Waals surface area contributed by atoms with Crippen molar-refractivity contribution >= 4 is 29.9 Å². The van der Waals surface area contributed by atoms with E-state index >= 15 is 0 Å². The van der Waals surface area contributed by atoms with Crippen LogP contribution in [0.1, 0.15) is 20.7 Å². The monoisotopic (exact) mass is 377 g/mol. The fraction of sp³-hybridized carbons (Fsp3) is 0.263. The molecule has 0 fully saturated rings. The third kappa shape index (κ3) is 6.84. The van der Waals surface area contributed by atoms with E-state index in [0.717, 1.165) is 6.54 Å². The second-order valence-corrected chi connectivity index (χ2v) is 5.36. The number of halogens is 1. The third-order valence-corrected chi connectivity index (χ3v) is 3.53. The van der Waals surface area contributed by atoms with E-state index in [1.54, 1.807) is 55.6 Å². The highest BCUT2D eigenvalue weighted by Gasteiger charge is 2.13. The molecule has 0 aliphatic carbocycles. The molecule has 2 rings (SSSR count). The molecule has 2 aromatic rings. The van der Waals surface area contributed by atoms with E-state index in [1.807, 2.05) is 6.07 Å². The lowest BCUT2D eigenvalue weighted by Crippen LogP contribution is -2.33. The maximum Gasteiger partial charge on any atom is 0.255 e. The molecule has 0 saturated heterocycles. The van der Waals surface area contributed by atoms with Crippen LogP contribution in [0.5, 0.6) is 0 Å². The maximum atomic E-state index is 12.4. The molecule has 7 heteroatoms. The summed E-state index contributed by atoms with van der Waals surface area (Å²) in [6.07, 6.45) is 0. The highest BCUT2D eigenvalue weighted by molar-refractivity contribution is 6.08. The summed E-state index contributed by atoms with van der Waals surface area (Å²) in [6, 6.07) is 15.8. The van der Waals surface area contributed by atoms with Gasteiger partial charge in [0.25, 0.3) is 11.8 Å². The molecule has 0 unspecified atom stereocenters. The lowest BCUT2D eigenvalue weighted by Gasteiger charge is -2.12. The number of carbonyl (C=O) groups is 2. The Bertz CT molecular complexity index is 695. The average molecular weight is 378 g/mol. The largest absolute Gasteiger partial charge is 0.383 e. The standard InChI is InChI=1S/C19H23N3O3.ClH/c1-25-14-13-20-11-12-21-19(24)16-9-5-6-10-17(16)22-18(23)15-7-3-2-4-8-15;/h2-10,20H,11-14H2,1H3,(H,21,24)(H,22,23);1H. The fourth-order valence-electron chi connectivity index (χ4n) is 2.23. The summed E-state index contributed by atoms with van der Waals surface area (Å²) in [7, 11) is 1.64. The summed E-state index contributed by atoms with van der Waals surface area (Å²) in [4.78, 5) is 24.6. The van der Waals surface area contributed by atoms with Crippen LogP contribution >= 0.6 is 12.4 Å². The second-order valence-electron chi connectivity index (χ2n) is 5.36. The number of hydrogen-bond donors (Lipinski definition) is 3. The minimum atomic E-state index is -0.248. The minimum absolute atomic E-state index is 0. The quantitative estimate of drug-likeness (QED) is 0.586. The predicted octanol–water partition coefficient (Wildman–Crippen LogP) is 2.33. The van der Waals surface area contributed by atoms with Crippen LogP contribution in [0, 0.1) is 0 Å². The van der Waals surface area contributed by atoms with Gasteiger partial charge < -0.3 is 20.7 Å². The maximum absolute atomic E-state index is 12.4. The first-order valence-corrected chi connectivity index (χ1v) is 8.15. The smallest absolute Gasteiger partial charge is 0.255 e. The number of carbonyl (C=O) groups excluding carboxylic acids is 2. The van der Waals surface area contributed by atoms with Crippen molar-refractivity contribution in [1.82, 2.24) is 10.6 Å². The summed E-state index contributed by atoms with van der Waals surface area (Å²) in [6.45, 7) is 2.50. The van der Waals surface area contributed by atoms with Crippen molar-refractivity contribution in [1.29, 1.82) is 0 Å². The van der Waals surface area contributed by atoms with Crippen LogP contribution in [-0.4, -0.2) is 45.2 Å². The van der Waals surface area contributed by atoms with Crippen LogP contribution in [-0.2, 0) is 4.74 Å². The van der Waals surface area contributed by atoms with Gasteiger partial charge in [0.2, 0.25) is 0 Å². The van der Waals surface area contributed by atoms with Crippen LogP contribution in [0.15, 0.2) is 54.6 Å². The van der Waals surface area contributed by atoms with E-state index in [9.17, 15) is 9.59 Å². The van der Waals surface area contributed by atoms with Crippen molar-refractivity contribution in [2.45, 2.75) is 0 Å². The van der Waals surface area contributed by atoms with Gasteiger partial charge in [-0.15, -0.1) is 12.4 Å². The number of para-hydroxylation sites is 1. The molecular weight excluding hydrogens is 354 g/mol. The van der Waals surface area contributed by atoms with Gasteiger partial charge in [-0.1, -0.05) is 30.3 Å². The van der Waals surface area contributed by atoms with Crippen molar-refractivity contribution in [2.75, 3.05) is 38.7 Å². The number of hydrogen-bond acceptors (Lipinski definition) is 4. The number of benzene rings is 2. The zero-order valence-electron chi connectivity index (χ0n) is 14.7. The van der Waals surface area contributed by atoms with E-state index in [4.69, 9.17) is 4.74 Å². The number of nitrogens with one attached hydrogen (secondary N) is 3. The van der Waals surface area contributed by atoms with Crippen LogP contribution in [0.3, 0.4) is 0 Å². The number of ether oxygens (including phenoxy) is 1. The van der Waals surface area contributed by atoms with E-state index < -0.39 is 0 Å². The molecule has 0 aliphatic heterocycles. The number of rotatable bonds is 9. The summed E-state index contributed by atoms with van der Waals surface area (Å²) in [5.41, 5.74) is 1.46. The molecule has 6 nitrogen and oxygen atoms in total. The molecule has 2 aromatic carbocycles. The Labute approximate surface area is 159 Å². The second kappa shape index (κ2) is 12.0. The van der Waals surface area contributed by atoms with Gasteiger partial charge in [-0.3, -0.25) is 9.59 Å². The Morgan fingerprint density at radius 3 is 2.31 bits per heavy atom. The van der Waals surface area contributed by atoms with Gasteiger partial charge in [-0.25, -0.2) is 0 Å². The molecule has 0 radical (unpaired) electrons. The van der Waals surface area contributed by atoms with Crippen LogP contribution in [0.4, 0.5) is 5.69 Å². The summed E-state index contributed by atoms with van der Waals surface area (Å²) in [5, 5.41) is 8.78. The van der Waals surface area contributed by atoms with Crippen molar-refractivity contribution in [2.24, 2.45) is 0 Å². The molecule has 0 spiro atoms. The zero-order valence-corrected chi connectivity index (χ0v) is 15.5. The third-order valence-electron chi connectivity index (χ3n) is 3.53. The Morgan fingerprint density at radius 1 is 0.885 bits per heavy atom. The minimum Gasteiger partial charge on any atom is -0.383 e. The van der Waals surface area contributed by atoms with Gasteiger partial charge in [0.15, 0.2) is 0 Å². The summed E-state index contributed by atoms with van der Waals surface area (Å²) in [5.74, 6) is -0.473. The normalized spacial score (nSPS) is 9.88. The van der Waals surface area contributed by atoms with Gasteiger partial charge in [0.1, 0.15) is 0 Å². The Morgan fingerprint density at radius 2 is 1.58 bits per heavy atom. The van der Waals surface area contributed by atoms with Gasteiger partial charge in [-0.05, 0) is 24.3 Å². The highest BCUT2D eigenvalue weighted by Crippen LogP contribution is 2.16. The molecular formula is C19H24ClN3O3. The molecule has 0 atom stereocenters. The fourth-order valence-corrected chi connectivity index (χ4v) is 2.23. The van der Waals surface area contributed by atoms with Gasteiger partial charge in [0.05, 0.1) is 17.9 Å². The molecule has 0 heterocycles. The first kappa shape index (κ1) is 21.6. The Balaban J connectivity index is 0.00000338. The van der Waals surface area contributed by atoms with E-state index in [2.05, 4.69) is 16.0 Å². The van der Waals surface area contributed by atoms with Crippen LogP contribution < -0.4 is 16.0 Å². The van der Waals surface area contributed by atoms with Crippen LogP contribution in [0.2, 0.25) is 0 Å². The topological polar surface area (TPSA) is 79.5 Å². The summed E-state index contributed by atoms with van der Waals surface area (Å²) >= 11 is 0. The molecule has 0 aliphatic rings. The summed E-state index contributed by atoms with van der Waals surface area (Å²) < 4.78 is 4.94. The van der Waals surface area contributed by atoms with Gasteiger partial charge >= 0.3 is 0 Å². The Hall–Kier alpha value is -2.41. The number of amides is 2. The molecule has 0 bridgehead atoms. The van der Waals surface area contributed by atoms with Crippen molar-refractivity contribution in [3.8, 4) is 0 Å². The average Bonchev–Trinajstić information content (AvgIpc) is 2.65. The lowest BCUT2D eigenvalue weighted by molar-refractivity contribution is 0.0954. The SMILES string of the molecule is COCCNCCNC(=O)c1ccccc1NC(=O)c1ccccc1.Cl. The van der Waals surface area contributed by atoms with E-state index in [-0.39, 0.29) is 24.2 Å². The number of anilines is 1. The van der Waals surface area contributed by atoms with E-state index in [1.165, 1.54) is 0 Å². The Kier molecular flexibility index (Phi) is 10.0. The molecule has 140 valence electrons. The predicted molar refractivity (Wildman–Crippen MR) is 105 cm³/mol. The zero-order chi connectivity index (χ0) is 17.9. The highest BCUT2D eigenvalue weighted by atomic mass is 35.5. The first-order chi connectivity index (χ1) is 12.2. The lowest BCUT2D eigenvalue weighted by atomic mass is 10.1.